The monoisotopic (exact) mass is 569 g/mol. The summed E-state index contributed by atoms with van der Waals surface area (Å²) in [5.41, 5.74) is 0.583. The Labute approximate surface area is 224 Å². The fraction of sp³-hybridized carbons (Fsp3) is 0.440. The number of methoxy groups -OCH3 is 1. The van der Waals surface area contributed by atoms with Gasteiger partial charge in [-0.05, 0) is 49.2 Å². The Balaban J connectivity index is 1.48. The van der Waals surface area contributed by atoms with E-state index in [-0.39, 0.29) is 29.4 Å². The van der Waals surface area contributed by atoms with Crippen LogP contribution in [0.3, 0.4) is 0 Å². The van der Waals surface area contributed by atoms with E-state index in [0.717, 1.165) is 42.9 Å². The van der Waals surface area contributed by atoms with Gasteiger partial charge in [-0.25, -0.2) is 17.8 Å². The Kier molecular flexibility index (Phi) is 9.36. The molecule has 4 rings (SSSR count). The molecular formula is C25H29ClFN3O5S2. The van der Waals surface area contributed by atoms with Gasteiger partial charge in [0.2, 0.25) is 5.91 Å². The zero-order valence-corrected chi connectivity index (χ0v) is 22.9. The summed E-state index contributed by atoms with van der Waals surface area (Å²) >= 11 is 7.70. The van der Waals surface area contributed by atoms with Crippen molar-refractivity contribution in [2.24, 2.45) is 0 Å². The van der Waals surface area contributed by atoms with E-state index in [0.29, 0.717) is 41.2 Å². The molecule has 0 saturated carbocycles. The van der Waals surface area contributed by atoms with Gasteiger partial charge in [0.15, 0.2) is 15.0 Å². The van der Waals surface area contributed by atoms with Crippen molar-refractivity contribution in [2.75, 3.05) is 57.2 Å². The standard InChI is InChI=1S/C25H29ClFN3O5S2/c1-34-21-10-9-20(26)24-23(21)28-25(36-24)30(12-3-11-29-13-15-35-16-14-29)22(31)4-2-17-37(32,33)19-7-5-18(27)6-8-19/h5-10H,2-4,11-17H2,1H3. The van der Waals surface area contributed by atoms with E-state index in [1.165, 1.54) is 23.5 Å². The van der Waals surface area contributed by atoms with Crippen LogP contribution in [-0.4, -0.2) is 76.5 Å². The zero-order valence-electron chi connectivity index (χ0n) is 20.5. The molecule has 37 heavy (non-hydrogen) atoms. The number of fused-ring (bicyclic) bond motifs is 1. The third-order valence-corrected chi connectivity index (χ3v) is 9.49. The zero-order chi connectivity index (χ0) is 26.4. The highest BCUT2D eigenvalue weighted by atomic mass is 35.5. The molecule has 3 aromatic rings. The van der Waals surface area contributed by atoms with Crippen LogP contribution in [0.4, 0.5) is 9.52 Å². The lowest BCUT2D eigenvalue weighted by molar-refractivity contribution is -0.118. The van der Waals surface area contributed by atoms with Crippen molar-refractivity contribution < 1.29 is 27.1 Å². The fourth-order valence-corrected chi connectivity index (χ4v) is 6.74. The van der Waals surface area contributed by atoms with Crippen LogP contribution in [-0.2, 0) is 19.4 Å². The summed E-state index contributed by atoms with van der Waals surface area (Å²) in [4.78, 5) is 22.0. The second kappa shape index (κ2) is 12.5. The fourth-order valence-electron chi connectivity index (χ4n) is 4.13. The number of hydrogen-bond donors (Lipinski definition) is 0. The molecule has 1 saturated heterocycles. The topological polar surface area (TPSA) is 89.0 Å². The third-order valence-electron chi connectivity index (χ3n) is 6.14. The molecule has 0 N–H and O–H groups in total. The molecule has 2 heterocycles. The first-order valence-corrected chi connectivity index (χ1v) is 14.8. The second-order valence-electron chi connectivity index (χ2n) is 8.65. The molecule has 12 heteroatoms. The lowest BCUT2D eigenvalue weighted by Gasteiger charge is -2.27. The third kappa shape index (κ3) is 6.97. The SMILES string of the molecule is COc1ccc(Cl)c2sc(N(CCCN3CCOCC3)C(=O)CCCS(=O)(=O)c3ccc(F)cc3)nc12. The average molecular weight is 570 g/mol. The lowest BCUT2D eigenvalue weighted by Crippen LogP contribution is -2.39. The van der Waals surface area contributed by atoms with Gasteiger partial charge in [-0.1, -0.05) is 22.9 Å². The molecule has 1 amide bonds. The number of ether oxygens (including phenoxy) is 2. The van der Waals surface area contributed by atoms with Gasteiger partial charge in [0.25, 0.3) is 0 Å². The summed E-state index contributed by atoms with van der Waals surface area (Å²) in [5.74, 6) is -0.376. The van der Waals surface area contributed by atoms with Gasteiger partial charge in [0.1, 0.15) is 17.1 Å². The van der Waals surface area contributed by atoms with Crippen molar-refractivity contribution in [1.82, 2.24) is 9.88 Å². The Morgan fingerprint density at radius 3 is 2.62 bits per heavy atom. The van der Waals surface area contributed by atoms with Crippen LogP contribution < -0.4 is 9.64 Å². The van der Waals surface area contributed by atoms with Crippen LogP contribution in [0.25, 0.3) is 10.2 Å². The van der Waals surface area contributed by atoms with E-state index < -0.39 is 15.7 Å². The van der Waals surface area contributed by atoms with Crippen molar-refractivity contribution in [3.63, 3.8) is 0 Å². The summed E-state index contributed by atoms with van der Waals surface area (Å²) in [6, 6.07) is 8.17. The van der Waals surface area contributed by atoms with Crippen molar-refractivity contribution in [3.05, 3.63) is 47.2 Å². The Morgan fingerprint density at radius 2 is 1.92 bits per heavy atom. The van der Waals surface area contributed by atoms with Gasteiger partial charge in [-0.2, -0.15) is 0 Å². The van der Waals surface area contributed by atoms with E-state index in [1.54, 1.807) is 24.1 Å². The summed E-state index contributed by atoms with van der Waals surface area (Å²) < 4.78 is 50.0. The van der Waals surface area contributed by atoms with Crippen molar-refractivity contribution >= 4 is 54.0 Å². The summed E-state index contributed by atoms with van der Waals surface area (Å²) in [6.45, 7) is 4.33. The molecule has 200 valence electrons. The maximum absolute atomic E-state index is 13.4. The van der Waals surface area contributed by atoms with Gasteiger partial charge >= 0.3 is 0 Å². The smallest absolute Gasteiger partial charge is 0.228 e. The average Bonchev–Trinajstić information content (AvgIpc) is 3.33. The number of anilines is 1. The minimum Gasteiger partial charge on any atom is -0.494 e. The number of sulfone groups is 1. The molecule has 0 spiro atoms. The number of hydrogen-bond acceptors (Lipinski definition) is 8. The molecule has 1 aliphatic rings. The number of carbonyl (C=O) groups excluding carboxylic acids is 1. The summed E-state index contributed by atoms with van der Waals surface area (Å²) in [7, 11) is -2.08. The molecule has 1 aliphatic heterocycles. The van der Waals surface area contributed by atoms with Crippen molar-refractivity contribution in [1.29, 1.82) is 0 Å². The first kappa shape index (κ1) is 27.7. The lowest BCUT2D eigenvalue weighted by atomic mass is 10.2. The minimum atomic E-state index is -3.63. The van der Waals surface area contributed by atoms with Crippen LogP contribution in [0.15, 0.2) is 41.3 Å². The molecule has 8 nitrogen and oxygen atoms in total. The number of nitrogens with zero attached hydrogens (tertiary/aromatic N) is 3. The molecule has 1 aromatic heterocycles. The second-order valence-corrected chi connectivity index (χ2v) is 12.1. The van der Waals surface area contributed by atoms with Gasteiger partial charge in [-0.3, -0.25) is 14.6 Å². The van der Waals surface area contributed by atoms with Crippen LogP contribution in [0.2, 0.25) is 5.02 Å². The number of thiazole rings is 1. The van der Waals surface area contributed by atoms with Gasteiger partial charge in [0, 0.05) is 32.6 Å². The molecule has 0 unspecified atom stereocenters. The van der Waals surface area contributed by atoms with E-state index in [9.17, 15) is 17.6 Å². The van der Waals surface area contributed by atoms with Gasteiger partial charge in [-0.15, -0.1) is 0 Å². The largest absolute Gasteiger partial charge is 0.494 e. The highest BCUT2D eigenvalue weighted by molar-refractivity contribution is 7.91. The maximum Gasteiger partial charge on any atom is 0.228 e. The quantitative estimate of drug-likeness (QED) is 0.316. The number of benzene rings is 2. The molecule has 0 aliphatic carbocycles. The van der Waals surface area contributed by atoms with Crippen molar-refractivity contribution in [3.8, 4) is 5.75 Å². The molecule has 2 aromatic carbocycles. The van der Waals surface area contributed by atoms with E-state index in [4.69, 9.17) is 21.1 Å². The predicted octanol–water partition coefficient (Wildman–Crippen LogP) is 4.41. The number of rotatable bonds is 11. The molecule has 1 fully saturated rings. The summed E-state index contributed by atoms with van der Waals surface area (Å²) in [6.07, 6.45) is 0.882. The van der Waals surface area contributed by atoms with E-state index >= 15 is 0 Å². The summed E-state index contributed by atoms with van der Waals surface area (Å²) in [5, 5.41) is 1.01. The van der Waals surface area contributed by atoms with E-state index in [2.05, 4.69) is 9.88 Å². The number of aromatic nitrogens is 1. The molecular weight excluding hydrogens is 541 g/mol. The highest BCUT2D eigenvalue weighted by Crippen LogP contribution is 2.39. The molecule has 0 radical (unpaired) electrons. The molecule has 0 bridgehead atoms. The first-order chi connectivity index (χ1) is 17.8. The predicted molar refractivity (Wildman–Crippen MR) is 143 cm³/mol. The maximum atomic E-state index is 13.4. The number of carbonyl (C=O) groups is 1. The van der Waals surface area contributed by atoms with Crippen LogP contribution in [0, 0.1) is 5.82 Å². The van der Waals surface area contributed by atoms with Crippen LogP contribution >= 0.6 is 22.9 Å². The van der Waals surface area contributed by atoms with Gasteiger partial charge in [0.05, 0.1) is 40.7 Å². The van der Waals surface area contributed by atoms with Crippen LogP contribution in [0.5, 0.6) is 5.75 Å². The first-order valence-electron chi connectivity index (χ1n) is 12.0. The van der Waals surface area contributed by atoms with Crippen molar-refractivity contribution in [2.45, 2.75) is 24.2 Å². The number of amides is 1. The van der Waals surface area contributed by atoms with Crippen LogP contribution in [0.1, 0.15) is 19.3 Å². The number of morpholine rings is 1. The number of halogens is 2. The highest BCUT2D eigenvalue weighted by Gasteiger charge is 2.23. The minimum absolute atomic E-state index is 0.0266. The Bertz CT molecular complexity index is 1330. The Hall–Kier alpha value is -2.31. The van der Waals surface area contributed by atoms with E-state index in [1.807, 2.05) is 0 Å². The Morgan fingerprint density at radius 1 is 1.19 bits per heavy atom. The van der Waals surface area contributed by atoms with Gasteiger partial charge < -0.3 is 9.47 Å². The normalized spacial score (nSPS) is 14.7. The molecule has 0 atom stereocenters.